The molecule has 0 bridgehead atoms. The number of rotatable bonds is 3. The van der Waals surface area contributed by atoms with Crippen LogP contribution < -0.4 is 10.6 Å². The van der Waals surface area contributed by atoms with Gasteiger partial charge in [0.05, 0.1) is 6.04 Å². The van der Waals surface area contributed by atoms with Crippen LogP contribution in [0.25, 0.3) is 5.57 Å². The van der Waals surface area contributed by atoms with Crippen molar-refractivity contribution in [2.75, 3.05) is 38.5 Å². The first kappa shape index (κ1) is 16.5. The van der Waals surface area contributed by atoms with E-state index in [-0.39, 0.29) is 12.1 Å². The van der Waals surface area contributed by atoms with Crippen molar-refractivity contribution in [1.82, 2.24) is 15.1 Å². The van der Waals surface area contributed by atoms with Crippen LogP contribution in [-0.2, 0) is 0 Å². The highest BCUT2D eigenvalue weighted by atomic mass is 16.2. The molecule has 1 aromatic carbocycles. The Morgan fingerprint density at radius 3 is 2.92 bits per heavy atom. The van der Waals surface area contributed by atoms with E-state index < -0.39 is 0 Å². The Hall–Kier alpha value is -2.01. The van der Waals surface area contributed by atoms with Crippen LogP contribution >= 0.6 is 0 Å². The number of likely N-dealkylation sites (N-methyl/N-ethyl adjacent to an activating group) is 1. The second kappa shape index (κ2) is 6.37. The lowest BCUT2D eigenvalue weighted by molar-refractivity contribution is 0.191. The standard InChI is InChI=1S/C20H28N4O/c1-4-24(5-2)20(25)22-14-10-16-15-7-6-8-17-19(15)13(11-21-17)9-18(16)23(3)12-14/h6-8,10,13-14,18,21H,4-5,9,11-12H2,1-3H3,(H,22,25)/t13?,14-,18+/m0/s1. The molecule has 0 radical (unpaired) electrons. The Labute approximate surface area is 150 Å². The minimum atomic E-state index is 0.0346. The fraction of sp³-hybridized carbons (Fsp3) is 0.550. The third-order valence-electron chi connectivity index (χ3n) is 5.99. The van der Waals surface area contributed by atoms with Gasteiger partial charge >= 0.3 is 6.03 Å². The van der Waals surface area contributed by atoms with Crippen molar-refractivity contribution in [1.29, 1.82) is 0 Å². The second-order valence-corrected chi connectivity index (χ2v) is 7.39. The van der Waals surface area contributed by atoms with Crippen LogP contribution in [0.4, 0.5) is 10.5 Å². The Morgan fingerprint density at radius 1 is 1.36 bits per heavy atom. The molecule has 0 aromatic heterocycles. The number of anilines is 1. The molecule has 4 rings (SSSR count). The first-order chi connectivity index (χ1) is 12.1. The van der Waals surface area contributed by atoms with Crippen molar-refractivity contribution >= 4 is 17.3 Å². The zero-order valence-corrected chi connectivity index (χ0v) is 15.4. The largest absolute Gasteiger partial charge is 0.384 e. The zero-order chi connectivity index (χ0) is 17.6. The number of carbonyl (C=O) groups is 1. The van der Waals surface area contributed by atoms with E-state index in [1.54, 1.807) is 0 Å². The SMILES string of the molecule is CCN(CC)C(=O)N[C@H]1C=C2c3cccc4c3C(CN4)C[C@H]2N(C)C1. The van der Waals surface area contributed by atoms with Crippen molar-refractivity contribution in [3.63, 3.8) is 0 Å². The number of hydrogen-bond acceptors (Lipinski definition) is 3. The molecule has 2 aliphatic heterocycles. The van der Waals surface area contributed by atoms with Gasteiger partial charge < -0.3 is 15.5 Å². The van der Waals surface area contributed by atoms with E-state index in [2.05, 4.69) is 46.9 Å². The molecule has 3 aliphatic rings. The van der Waals surface area contributed by atoms with Crippen LogP contribution in [0.3, 0.4) is 0 Å². The molecular formula is C20H28N4O. The topological polar surface area (TPSA) is 47.6 Å². The summed E-state index contributed by atoms with van der Waals surface area (Å²) in [6, 6.07) is 7.13. The summed E-state index contributed by atoms with van der Waals surface area (Å²) in [4.78, 5) is 16.7. The lowest BCUT2D eigenvalue weighted by Crippen LogP contribution is -2.52. The van der Waals surface area contributed by atoms with Gasteiger partial charge in [0, 0.05) is 43.8 Å². The summed E-state index contributed by atoms with van der Waals surface area (Å²) < 4.78 is 0. The average Bonchev–Trinajstić information content (AvgIpc) is 3.02. The lowest BCUT2D eigenvalue weighted by atomic mass is 9.75. The molecule has 0 saturated heterocycles. The predicted molar refractivity (Wildman–Crippen MR) is 102 cm³/mol. The molecular weight excluding hydrogens is 312 g/mol. The Balaban J connectivity index is 1.65. The number of fused-ring (bicyclic) bond motifs is 2. The molecule has 1 aromatic rings. The normalized spacial score (nSPS) is 27.0. The summed E-state index contributed by atoms with van der Waals surface area (Å²) in [5.41, 5.74) is 5.53. The molecule has 2 N–H and O–H groups in total. The molecule has 0 spiro atoms. The molecule has 3 atom stereocenters. The Kier molecular flexibility index (Phi) is 4.20. The summed E-state index contributed by atoms with van der Waals surface area (Å²) >= 11 is 0. The van der Waals surface area contributed by atoms with Gasteiger partial charge in [0.15, 0.2) is 0 Å². The average molecular weight is 340 g/mol. The van der Waals surface area contributed by atoms with Gasteiger partial charge in [-0.3, -0.25) is 4.90 Å². The molecule has 25 heavy (non-hydrogen) atoms. The maximum absolute atomic E-state index is 12.5. The number of nitrogens with one attached hydrogen (secondary N) is 2. The predicted octanol–water partition coefficient (Wildman–Crippen LogP) is 2.72. The second-order valence-electron chi connectivity index (χ2n) is 7.39. The highest BCUT2D eigenvalue weighted by Gasteiger charge is 2.39. The van der Waals surface area contributed by atoms with Gasteiger partial charge in [-0.15, -0.1) is 0 Å². The minimum Gasteiger partial charge on any atom is -0.384 e. The Morgan fingerprint density at radius 2 is 2.16 bits per heavy atom. The van der Waals surface area contributed by atoms with Gasteiger partial charge in [0.2, 0.25) is 0 Å². The summed E-state index contributed by atoms with van der Waals surface area (Å²) in [6.07, 6.45) is 3.46. The van der Waals surface area contributed by atoms with Gasteiger partial charge in [0.1, 0.15) is 0 Å². The number of urea groups is 1. The molecule has 2 heterocycles. The van der Waals surface area contributed by atoms with Gasteiger partial charge in [-0.05, 0) is 50.1 Å². The van der Waals surface area contributed by atoms with Gasteiger partial charge in [-0.25, -0.2) is 4.79 Å². The summed E-state index contributed by atoms with van der Waals surface area (Å²) in [6.45, 7) is 7.44. The molecule has 5 heteroatoms. The van der Waals surface area contributed by atoms with Crippen LogP contribution in [-0.4, -0.2) is 61.1 Å². The number of nitrogens with zero attached hydrogens (tertiary/aromatic N) is 2. The maximum atomic E-state index is 12.5. The monoisotopic (exact) mass is 340 g/mol. The third kappa shape index (κ3) is 2.71. The van der Waals surface area contributed by atoms with Crippen LogP contribution in [0.1, 0.15) is 37.3 Å². The molecule has 1 unspecified atom stereocenters. The van der Waals surface area contributed by atoms with E-state index in [1.165, 1.54) is 22.4 Å². The fourth-order valence-electron chi connectivity index (χ4n) is 4.70. The summed E-state index contributed by atoms with van der Waals surface area (Å²) in [5, 5.41) is 6.77. The number of hydrogen-bond donors (Lipinski definition) is 2. The zero-order valence-electron chi connectivity index (χ0n) is 15.4. The molecule has 5 nitrogen and oxygen atoms in total. The fourth-order valence-corrected chi connectivity index (χ4v) is 4.70. The first-order valence-corrected chi connectivity index (χ1v) is 9.46. The van der Waals surface area contributed by atoms with E-state index in [1.807, 2.05) is 18.7 Å². The van der Waals surface area contributed by atoms with E-state index in [4.69, 9.17) is 0 Å². The van der Waals surface area contributed by atoms with E-state index in [0.29, 0.717) is 12.0 Å². The minimum absolute atomic E-state index is 0.0346. The highest BCUT2D eigenvalue weighted by molar-refractivity contribution is 5.82. The van der Waals surface area contributed by atoms with Crippen molar-refractivity contribution < 1.29 is 4.79 Å². The lowest BCUT2D eigenvalue weighted by Gasteiger charge is -2.42. The molecule has 0 saturated carbocycles. The van der Waals surface area contributed by atoms with Crippen LogP contribution in [0.15, 0.2) is 24.3 Å². The number of carbonyl (C=O) groups excluding carboxylic acids is 1. The smallest absolute Gasteiger partial charge is 0.317 e. The van der Waals surface area contributed by atoms with Crippen LogP contribution in [0, 0.1) is 0 Å². The van der Waals surface area contributed by atoms with Crippen LogP contribution in [0.2, 0.25) is 0 Å². The van der Waals surface area contributed by atoms with Crippen molar-refractivity contribution in [2.45, 2.75) is 38.3 Å². The van der Waals surface area contributed by atoms with Crippen molar-refractivity contribution in [3.8, 4) is 0 Å². The van der Waals surface area contributed by atoms with E-state index >= 15 is 0 Å². The van der Waals surface area contributed by atoms with Crippen molar-refractivity contribution in [2.24, 2.45) is 0 Å². The molecule has 1 aliphatic carbocycles. The maximum Gasteiger partial charge on any atom is 0.317 e. The Bertz CT molecular complexity index is 710. The van der Waals surface area contributed by atoms with Gasteiger partial charge in [-0.2, -0.15) is 0 Å². The number of benzene rings is 1. The van der Waals surface area contributed by atoms with Crippen molar-refractivity contribution in [3.05, 3.63) is 35.4 Å². The molecule has 0 fully saturated rings. The van der Waals surface area contributed by atoms with E-state index in [9.17, 15) is 4.79 Å². The van der Waals surface area contributed by atoms with E-state index in [0.717, 1.165) is 32.6 Å². The molecule has 134 valence electrons. The third-order valence-corrected chi connectivity index (χ3v) is 5.99. The van der Waals surface area contributed by atoms with Gasteiger partial charge in [0.25, 0.3) is 0 Å². The first-order valence-electron chi connectivity index (χ1n) is 9.46. The quantitative estimate of drug-likeness (QED) is 0.889. The van der Waals surface area contributed by atoms with Gasteiger partial charge in [-0.1, -0.05) is 18.2 Å². The summed E-state index contributed by atoms with van der Waals surface area (Å²) in [7, 11) is 2.19. The highest BCUT2D eigenvalue weighted by Crippen LogP contribution is 2.47. The van der Waals surface area contributed by atoms with Crippen LogP contribution in [0.5, 0.6) is 0 Å². The molecule has 2 amide bonds. The number of amides is 2. The summed E-state index contributed by atoms with van der Waals surface area (Å²) in [5.74, 6) is 0.609.